The Morgan fingerprint density at radius 3 is 2.21 bits per heavy atom. The summed E-state index contributed by atoms with van der Waals surface area (Å²) in [6.07, 6.45) is 1.43. The Kier molecular flexibility index (Phi) is 6.74. The summed E-state index contributed by atoms with van der Waals surface area (Å²) in [5, 5.41) is 0. The maximum Gasteiger partial charge on any atom is 0.223 e. The van der Waals surface area contributed by atoms with E-state index in [9.17, 15) is 9.59 Å². The Hall–Kier alpha value is -2.42. The van der Waals surface area contributed by atoms with Gasteiger partial charge in [0.05, 0.1) is 0 Å². The summed E-state index contributed by atoms with van der Waals surface area (Å²) in [6.45, 7) is 5.37. The quantitative estimate of drug-likeness (QED) is 0.675. The van der Waals surface area contributed by atoms with Gasteiger partial charge in [-0.25, -0.2) is 0 Å². The van der Waals surface area contributed by atoms with Gasteiger partial charge >= 0.3 is 0 Å². The first-order chi connectivity index (χ1) is 11.6. The van der Waals surface area contributed by atoms with E-state index in [0.717, 1.165) is 17.5 Å². The van der Waals surface area contributed by atoms with Crippen LogP contribution in [0.1, 0.15) is 47.7 Å². The second-order valence-electron chi connectivity index (χ2n) is 6.09. The van der Waals surface area contributed by atoms with Gasteiger partial charge in [-0.2, -0.15) is 0 Å². The molecule has 2 aromatic carbocycles. The molecule has 0 fully saturated rings. The molecule has 1 amide bonds. The van der Waals surface area contributed by atoms with Gasteiger partial charge in [0.25, 0.3) is 0 Å². The molecule has 0 spiro atoms. The number of rotatable bonds is 8. The molecule has 0 saturated heterocycles. The smallest absolute Gasteiger partial charge is 0.223 e. The zero-order valence-corrected chi connectivity index (χ0v) is 14.5. The SMILES string of the molecule is CCCN(Cc1ccccc1)C(=O)CCC(=O)c1ccc(C)cc1. The van der Waals surface area contributed by atoms with E-state index in [1.807, 2.05) is 66.4 Å². The van der Waals surface area contributed by atoms with Crippen LogP contribution in [0, 0.1) is 6.92 Å². The molecule has 0 bridgehead atoms. The van der Waals surface area contributed by atoms with Crippen LogP contribution in [0.25, 0.3) is 0 Å². The second-order valence-corrected chi connectivity index (χ2v) is 6.09. The molecule has 24 heavy (non-hydrogen) atoms. The minimum Gasteiger partial charge on any atom is -0.338 e. The molecule has 0 unspecified atom stereocenters. The molecular formula is C21H25NO2. The average Bonchev–Trinajstić information content (AvgIpc) is 2.60. The molecule has 3 heteroatoms. The van der Waals surface area contributed by atoms with E-state index in [0.29, 0.717) is 18.7 Å². The molecule has 3 nitrogen and oxygen atoms in total. The first kappa shape index (κ1) is 17.9. The highest BCUT2D eigenvalue weighted by molar-refractivity contribution is 5.97. The fourth-order valence-corrected chi connectivity index (χ4v) is 2.63. The molecule has 0 aromatic heterocycles. The lowest BCUT2D eigenvalue weighted by atomic mass is 10.0. The van der Waals surface area contributed by atoms with Gasteiger partial charge in [-0.3, -0.25) is 9.59 Å². The Morgan fingerprint density at radius 1 is 0.917 bits per heavy atom. The number of hydrogen-bond donors (Lipinski definition) is 0. The summed E-state index contributed by atoms with van der Waals surface area (Å²) >= 11 is 0. The molecular weight excluding hydrogens is 298 g/mol. The van der Waals surface area contributed by atoms with Crippen LogP contribution in [-0.2, 0) is 11.3 Å². The lowest BCUT2D eigenvalue weighted by Crippen LogP contribution is -2.31. The third-order valence-electron chi connectivity index (χ3n) is 4.00. The van der Waals surface area contributed by atoms with Gasteiger partial charge in [0.2, 0.25) is 5.91 Å². The van der Waals surface area contributed by atoms with Crippen molar-refractivity contribution in [3.63, 3.8) is 0 Å². The van der Waals surface area contributed by atoms with Crippen LogP contribution in [0.5, 0.6) is 0 Å². The van der Waals surface area contributed by atoms with E-state index in [2.05, 4.69) is 6.92 Å². The minimum atomic E-state index is 0.0273. The van der Waals surface area contributed by atoms with Crippen LogP contribution < -0.4 is 0 Å². The Balaban J connectivity index is 1.92. The van der Waals surface area contributed by atoms with E-state index < -0.39 is 0 Å². The fourth-order valence-electron chi connectivity index (χ4n) is 2.63. The van der Waals surface area contributed by atoms with Crippen molar-refractivity contribution in [3.8, 4) is 0 Å². The summed E-state index contributed by atoms with van der Waals surface area (Å²) in [5.74, 6) is 0.0701. The van der Waals surface area contributed by atoms with Gasteiger partial charge in [0, 0.05) is 31.5 Å². The van der Waals surface area contributed by atoms with Gasteiger partial charge < -0.3 is 4.90 Å². The summed E-state index contributed by atoms with van der Waals surface area (Å²) in [5.41, 5.74) is 2.92. The van der Waals surface area contributed by atoms with Crippen LogP contribution in [0.15, 0.2) is 54.6 Å². The van der Waals surface area contributed by atoms with E-state index in [1.165, 1.54) is 0 Å². The molecule has 0 aliphatic heterocycles. The van der Waals surface area contributed by atoms with Gasteiger partial charge in [0.1, 0.15) is 0 Å². The highest BCUT2D eigenvalue weighted by Crippen LogP contribution is 2.11. The first-order valence-electron chi connectivity index (χ1n) is 8.51. The second kappa shape index (κ2) is 9.02. The summed E-state index contributed by atoms with van der Waals surface area (Å²) in [6, 6.07) is 17.5. The average molecular weight is 323 g/mol. The summed E-state index contributed by atoms with van der Waals surface area (Å²) < 4.78 is 0. The predicted octanol–water partition coefficient (Wildman–Crippen LogP) is 4.40. The molecule has 126 valence electrons. The van der Waals surface area contributed by atoms with Crippen molar-refractivity contribution in [3.05, 3.63) is 71.3 Å². The number of carbonyl (C=O) groups is 2. The number of hydrogen-bond acceptors (Lipinski definition) is 2. The van der Waals surface area contributed by atoms with E-state index in [-0.39, 0.29) is 24.5 Å². The molecule has 2 rings (SSSR count). The molecule has 0 N–H and O–H groups in total. The summed E-state index contributed by atoms with van der Waals surface area (Å²) in [4.78, 5) is 26.6. The molecule has 0 saturated carbocycles. The van der Waals surface area contributed by atoms with E-state index in [1.54, 1.807) is 0 Å². The molecule has 2 aromatic rings. The largest absolute Gasteiger partial charge is 0.338 e. The number of aryl methyl sites for hydroxylation is 1. The van der Waals surface area contributed by atoms with Crippen LogP contribution >= 0.6 is 0 Å². The van der Waals surface area contributed by atoms with Gasteiger partial charge in [-0.05, 0) is 18.9 Å². The minimum absolute atomic E-state index is 0.0273. The molecule has 0 atom stereocenters. The third-order valence-corrected chi connectivity index (χ3v) is 4.00. The van der Waals surface area contributed by atoms with Crippen molar-refractivity contribution in [1.82, 2.24) is 4.90 Å². The highest BCUT2D eigenvalue weighted by atomic mass is 16.2. The number of ketones is 1. The van der Waals surface area contributed by atoms with Gasteiger partial charge in [0.15, 0.2) is 5.78 Å². The number of benzene rings is 2. The number of amides is 1. The Labute approximate surface area is 144 Å². The molecule has 0 radical (unpaired) electrons. The van der Waals surface area contributed by atoms with Crippen molar-refractivity contribution < 1.29 is 9.59 Å². The monoisotopic (exact) mass is 323 g/mol. The van der Waals surface area contributed by atoms with E-state index >= 15 is 0 Å². The van der Waals surface area contributed by atoms with Crippen molar-refractivity contribution in [1.29, 1.82) is 0 Å². The normalized spacial score (nSPS) is 10.4. The maximum absolute atomic E-state index is 12.5. The molecule has 0 heterocycles. The zero-order chi connectivity index (χ0) is 17.4. The number of carbonyl (C=O) groups excluding carboxylic acids is 2. The van der Waals surface area contributed by atoms with Crippen LogP contribution in [0.4, 0.5) is 0 Å². The van der Waals surface area contributed by atoms with Gasteiger partial charge in [-0.1, -0.05) is 67.1 Å². The highest BCUT2D eigenvalue weighted by Gasteiger charge is 2.15. The van der Waals surface area contributed by atoms with E-state index in [4.69, 9.17) is 0 Å². The number of nitrogens with zero attached hydrogens (tertiary/aromatic N) is 1. The van der Waals surface area contributed by atoms with Crippen molar-refractivity contribution in [2.24, 2.45) is 0 Å². The summed E-state index contributed by atoms with van der Waals surface area (Å²) in [7, 11) is 0. The van der Waals surface area contributed by atoms with Crippen molar-refractivity contribution >= 4 is 11.7 Å². The van der Waals surface area contributed by atoms with Crippen LogP contribution in [0.3, 0.4) is 0 Å². The standard InChI is InChI=1S/C21H25NO2/c1-3-15-22(16-18-7-5-4-6-8-18)21(24)14-13-20(23)19-11-9-17(2)10-12-19/h4-12H,3,13-16H2,1-2H3. The van der Waals surface area contributed by atoms with Crippen molar-refractivity contribution in [2.75, 3.05) is 6.54 Å². The maximum atomic E-state index is 12.5. The topological polar surface area (TPSA) is 37.4 Å². The zero-order valence-electron chi connectivity index (χ0n) is 14.5. The van der Waals surface area contributed by atoms with Crippen molar-refractivity contribution in [2.45, 2.75) is 39.7 Å². The first-order valence-corrected chi connectivity index (χ1v) is 8.51. The Morgan fingerprint density at radius 2 is 1.58 bits per heavy atom. The predicted molar refractivity (Wildman–Crippen MR) is 96.9 cm³/mol. The fraction of sp³-hybridized carbons (Fsp3) is 0.333. The van der Waals surface area contributed by atoms with Crippen LogP contribution in [0.2, 0.25) is 0 Å². The lowest BCUT2D eigenvalue weighted by molar-refractivity contribution is -0.131. The van der Waals surface area contributed by atoms with Gasteiger partial charge in [-0.15, -0.1) is 0 Å². The number of Topliss-reactive ketones (excluding diaryl/α,β-unsaturated/α-hetero) is 1. The third kappa shape index (κ3) is 5.34. The molecule has 0 aliphatic rings. The Bertz CT molecular complexity index is 662. The van der Waals surface area contributed by atoms with Crippen LogP contribution in [-0.4, -0.2) is 23.1 Å². The lowest BCUT2D eigenvalue weighted by Gasteiger charge is -2.22. The molecule has 0 aliphatic carbocycles.